The maximum atomic E-state index is 13.8. The van der Waals surface area contributed by atoms with Gasteiger partial charge in [0, 0.05) is 0 Å². The van der Waals surface area contributed by atoms with Crippen LogP contribution in [0, 0.1) is 0 Å². The lowest BCUT2D eigenvalue weighted by Crippen LogP contribution is -2.64. The minimum atomic E-state index is -1.59. The van der Waals surface area contributed by atoms with Crippen LogP contribution in [0.2, 0.25) is 0 Å². The molecule has 1 fully saturated rings. The molecule has 12 nitrogen and oxygen atoms in total. The van der Waals surface area contributed by atoms with Crippen LogP contribution in [-0.2, 0) is 38.0 Å². The molecule has 0 amide bonds. The largest absolute Gasteiger partial charge is 0.462 e. The van der Waals surface area contributed by atoms with E-state index in [1.165, 1.54) is 36.4 Å². The molecule has 0 radical (unpaired) electrons. The van der Waals surface area contributed by atoms with Gasteiger partial charge in [-0.15, -0.1) is 18.2 Å². The number of carbonyl (C=O) groups is 5. The summed E-state index contributed by atoms with van der Waals surface area (Å²) in [6, 6.07) is 32.8. The van der Waals surface area contributed by atoms with Gasteiger partial charge in [0.1, 0.15) is 25.2 Å². The summed E-state index contributed by atoms with van der Waals surface area (Å²) in [5.41, 5.74) is 0.486. The Balaban J connectivity index is 1.48. The second kappa shape index (κ2) is 21.6. The molecule has 6 atom stereocenters. The lowest BCUT2D eigenvalue weighted by molar-refractivity contribution is -0.317. The van der Waals surface area contributed by atoms with Crippen LogP contribution in [0.5, 0.6) is 0 Å². The van der Waals surface area contributed by atoms with E-state index in [2.05, 4.69) is 6.58 Å². The number of benzene rings is 4. The first-order chi connectivity index (χ1) is 28.5. The van der Waals surface area contributed by atoms with Crippen molar-refractivity contribution in [1.29, 1.82) is 0 Å². The maximum Gasteiger partial charge on any atom is 0.338 e. The summed E-state index contributed by atoms with van der Waals surface area (Å²) in [5, 5.41) is 0. The third kappa shape index (κ3) is 12.7. The van der Waals surface area contributed by atoms with Gasteiger partial charge in [0.2, 0.25) is 0 Å². The Hall–Kier alpha value is -6.08. The highest BCUT2D eigenvalue weighted by molar-refractivity contribution is 6.26. The second-order valence-corrected chi connectivity index (χ2v) is 14.0. The fraction of sp³-hybridized carbons (Fsp3) is 0.283. The molecule has 0 unspecified atom stereocenters. The molecule has 5 rings (SSSR count). The quantitative estimate of drug-likeness (QED) is 0.0419. The van der Waals surface area contributed by atoms with Crippen LogP contribution in [0.1, 0.15) is 68.1 Å². The average molecular weight is 825 g/mol. The first-order valence-electron chi connectivity index (χ1n) is 18.8. The summed E-state index contributed by atoms with van der Waals surface area (Å²) in [5.74, 6) is -4.23. The monoisotopic (exact) mass is 824 g/mol. The Morgan fingerprint density at radius 3 is 1.56 bits per heavy atom. The van der Waals surface area contributed by atoms with Crippen LogP contribution >= 0.6 is 11.6 Å². The van der Waals surface area contributed by atoms with E-state index >= 15 is 0 Å². The van der Waals surface area contributed by atoms with E-state index in [-0.39, 0.29) is 23.3 Å². The first-order valence-corrected chi connectivity index (χ1v) is 19.4. The summed E-state index contributed by atoms with van der Waals surface area (Å²) in [6.07, 6.45) is -3.40. The molecule has 4 aromatic rings. The Morgan fingerprint density at radius 2 is 1.10 bits per heavy atom. The number of esters is 5. The van der Waals surface area contributed by atoms with Crippen LogP contribution in [0.4, 0.5) is 0 Å². The predicted octanol–water partition coefficient (Wildman–Crippen LogP) is 7.71. The third-order valence-corrected chi connectivity index (χ3v) is 9.48. The average Bonchev–Trinajstić information content (AvgIpc) is 3.27. The summed E-state index contributed by atoms with van der Waals surface area (Å²) in [4.78, 5) is 66.1. The maximum absolute atomic E-state index is 13.8. The second-order valence-electron chi connectivity index (χ2n) is 13.7. The normalized spacial score (nSPS) is 19.9. The molecule has 13 heteroatoms. The van der Waals surface area contributed by atoms with Gasteiger partial charge in [-0.2, -0.15) is 0 Å². The highest BCUT2D eigenvalue weighted by Crippen LogP contribution is 2.35. The van der Waals surface area contributed by atoms with Gasteiger partial charge < -0.3 is 33.2 Å². The van der Waals surface area contributed by atoms with E-state index in [4.69, 9.17) is 44.8 Å². The van der Waals surface area contributed by atoms with Crippen LogP contribution in [-0.4, -0.2) is 85.2 Å². The van der Waals surface area contributed by atoms with Crippen molar-refractivity contribution < 1.29 is 57.1 Å². The summed E-state index contributed by atoms with van der Waals surface area (Å²) in [7, 11) is 0. The van der Waals surface area contributed by atoms with Crippen molar-refractivity contribution >= 4 is 41.4 Å². The number of carbonyl (C=O) groups excluding carboxylic acids is 5. The van der Waals surface area contributed by atoms with Gasteiger partial charge in [-0.1, -0.05) is 84.9 Å². The minimum absolute atomic E-state index is 0.0584. The minimum Gasteiger partial charge on any atom is -0.462 e. The lowest BCUT2D eigenvalue weighted by Gasteiger charge is -2.46. The SMILES string of the molecule is C=C[C@@](C)(CC/C=C(\C)COC(=O)c1ccccc1)O[C@@H]1O[C@H](COC(=O)CCl)[C@@H](OC(=O)c2ccccc2)[C@H](OC(=O)c2ccccc2)[C@H]1OC(=O)c1ccccc1. The van der Waals surface area contributed by atoms with Gasteiger partial charge in [-0.05, 0) is 80.8 Å². The summed E-state index contributed by atoms with van der Waals surface area (Å²) < 4.78 is 42.1. The molecule has 1 aliphatic rings. The fourth-order valence-corrected chi connectivity index (χ4v) is 6.07. The number of hydrogen-bond acceptors (Lipinski definition) is 12. The number of hydrogen-bond donors (Lipinski definition) is 0. The summed E-state index contributed by atoms with van der Waals surface area (Å²) >= 11 is 5.75. The smallest absolute Gasteiger partial charge is 0.338 e. The van der Waals surface area contributed by atoms with E-state index in [1.54, 1.807) is 91.9 Å². The highest BCUT2D eigenvalue weighted by Gasteiger charge is 2.54. The summed E-state index contributed by atoms with van der Waals surface area (Å²) in [6.45, 7) is 7.08. The molecule has 0 spiro atoms. The molecule has 0 N–H and O–H groups in total. The van der Waals surface area contributed by atoms with E-state index in [0.717, 1.165) is 5.57 Å². The van der Waals surface area contributed by atoms with Gasteiger partial charge in [-0.25, -0.2) is 19.2 Å². The van der Waals surface area contributed by atoms with E-state index < -0.39 is 78.6 Å². The van der Waals surface area contributed by atoms with Crippen molar-refractivity contribution in [3.8, 4) is 0 Å². The van der Waals surface area contributed by atoms with E-state index in [9.17, 15) is 24.0 Å². The zero-order valence-electron chi connectivity index (χ0n) is 32.6. The Morgan fingerprint density at radius 1 is 0.661 bits per heavy atom. The zero-order chi connectivity index (χ0) is 42.2. The van der Waals surface area contributed by atoms with Crippen molar-refractivity contribution in [3.63, 3.8) is 0 Å². The van der Waals surface area contributed by atoms with Crippen molar-refractivity contribution in [2.24, 2.45) is 0 Å². The fourth-order valence-electron chi connectivity index (χ4n) is 6.00. The van der Waals surface area contributed by atoms with Crippen molar-refractivity contribution in [2.75, 3.05) is 19.1 Å². The first kappa shape index (κ1) is 44.0. The van der Waals surface area contributed by atoms with Gasteiger partial charge in [0.15, 0.2) is 24.6 Å². The van der Waals surface area contributed by atoms with E-state index in [0.29, 0.717) is 18.4 Å². The van der Waals surface area contributed by atoms with Gasteiger partial charge in [0.05, 0.1) is 27.9 Å². The Bertz CT molecular complexity index is 2060. The highest BCUT2D eigenvalue weighted by atomic mass is 35.5. The standard InChI is InChI=1S/C46H45ClO12/c1-4-46(3,27-17-18-31(2)29-54-41(49)32-19-9-5-10-20-32)59-45-40(58-44(52)35-25-15-8-16-26-35)39(57-43(51)34-23-13-7-14-24-34)38(36(55-45)30-53-37(48)28-47)56-42(50)33-21-11-6-12-22-33/h4-16,18-26,36,38-40,45H,1,17,27-30H2,2-3H3/b31-18+/t36-,38-,39+,40-,45+,46+/m1/s1. The molecule has 1 heterocycles. The number of rotatable bonds is 18. The number of alkyl halides is 1. The van der Waals surface area contributed by atoms with Crippen LogP contribution in [0.25, 0.3) is 0 Å². The zero-order valence-corrected chi connectivity index (χ0v) is 33.4. The molecule has 0 saturated carbocycles. The molecule has 0 bridgehead atoms. The molecule has 59 heavy (non-hydrogen) atoms. The lowest BCUT2D eigenvalue weighted by atomic mass is 9.95. The molecule has 4 aromatic carbocycles. The van der Waals surface area contributed by atoms with Gasteiger partial charge in [0.25, 0.3) is 0 Å². The molecule has 1 saturated heterocycles. The Kier molecular flexibility index (Phi) is 16.1. The van der Waals surface area contributed by atoms with Crippen LogP contribution in [0.15, 0.2) is 146 Å². The number of halogens is 1. The Labute approximate surface area is 347 Å². The molecule has 1 aliphatic heterocycles. The molecule has 0 aromatic heterocycles. The van der Waals surface area contributed by atoms with Crippen molar-refractivity contribution in [1.82, 2.24) is 0 Å². The topological polar surface area (TPSA) is 150 Å². The third-order valence-electron chi connectivity index (χ3n) is 9.26. The molecule has 0 aliphatic carbocycles. The molecular formula is C46H45ClO12. The number of ether oxygens (including phenoxy) is 7. The van der Waals surface area contributed by atoms with Crippen molar-refractivity contribution in [2.45, 2.75) is 63.0 Å². The van der Waals surface area contributed by atoms with Crippen LogP contribution in [0.3, 0.4) is 0 Å². The molecule has 308 valence electrons. The van der Waals surface area contributed by atoms with Crippen LogP contribution < -0.4 is 0 Å². The predicted molar refractivity (Wildman–Crippen MR) is 217 cm³/mol. The van der Waals surface area contributed by atoms with E-state index in [1.807, 2.05) is 19.1 Å². The number of allylic oxidation sites excluding steroid dienone is 1. The van der Waals surface area contributed by atoms with Gasteiger partial charge in [-0.3, -0.25) is 4.79 Å². The van der Waals surface area contributed by atoms with Gasteiger partial charge >= 0.3 is 29.8 Å². The molecular weight excluding hydrogens is 780 g/mol. The van der Waals surface area contributed by atoms with Crippen molar-refractivity contribution in [3.05, 3.63) is 168 Å².